The third-order valence-electron chi connectivity index (χ3n) is 4.57. The van der Waals surface area contributed by atoms with E-state index in [0.29, 0.717) is 12.0 Å². The summed E-state index contributed by atoms with van der Waals surface area (Å²) >= 11 is 0. The minimum atomic E-state index is -3.81. The molecule has 3 rings (SSSR count). The van der Waals surface area contributed by atoms with Crippen LogP contribution in [0.25, 0.3) is 11.1 Å². The molecule has 0 spiro atoms. The van der Waals surface area contributed by atoms with Gasteiger partial charge < -0.3 is 5.11 Å². The largest absolute Gasteiger partial charge is 0.478 e. The van der Waals surface area contributed by atoms with Gasteiger partial charge in [-0.2, -0.15) is 0 Å². The van der Waals surface area contributed by atoms with E-state index in [4.69, 9.17) is 5.11 Å². The van der Waals surface area contributed by atoms with Gasteiger partial charge in [0.05, 0.1) is 10.5 Å². The molecule has 0 aliphatic heterocycles. The van der Waals surface area contributed by atoms with Crippen molar-refractivity contribution in [1.82, 2.24) is 4.72 Å². The van der Waals surface area contributed by atoms with E-state index in [1.807, 2.05) is 30.3 Å². The van der Waals surface area contributed by atoms with Crippen LogP contribution < -0.4 is 4.72 Å². The van der Waals surface area contributed by atoms with Crippen molar-refractivity contribution in [3.63, 3.8) is 0 Å². The zero-order chi connectivity index (χ0) is 21.0. The number of carboxylic acid groups (broad SMARTS) is 1. The number of hydrogen-bond donors (Lipinski definition) is 2. The zero-order valence-corrected chi connectivity index (χ0v) is 16.5. The molecule has 0 bridgehead atoms. The second-order valence-electron chi connectivity index (χ2n) is 6.64. The van der Waals surface area contributed by atoms with Gasteiger partial charge in [-0.15, -0.1) is 0 Å². The summed E-state index contributed by atoms with van der Waals surface area (Å²) in [4.78, 5) is 11.1. The van der Waals surface area contributed by atoms with Crippen LogP contribution in [-0.4, -0.2) is 26.0 Å². The number of sulfonamides is 1. The van der Waals surface area contributed by atoms with Crippen LogP contribution in [0, 0.1) is 12.7 Å². The Hall–Kier alpha value is -3.03. The number of aromatic carboxylic acids is 1. The van der Waals surface area contributed by atoms with E-state index < -0.39 is 16.0 Å². The van der Waals surface area contributed by atoms with Crippen LogP contribution in [0.2, 0.25) is 0 Å². The van der Waals surface area contributed by atoms with Gasteiger partial charge in [-0.25, -0.2) is 22.3 Å². The molecule has 0 atom stereocenters. The summed E-state index contributed by atoms with van der Waals surface area (Å²) in [5.74, 6) is -1.47. The van der Waals surface area contributed by atoms with Crippen LogP contribution in [0.1, 0.15) is 21.5 Å². The van der Waals surface area contributed by atoms with Gasteiger partial charge in [0.25, 0.3) is 0 Å². The van der Waals surface area contributed by atoms with Crippen LogP contribution in [-0.2, 0) is 16.4 Å². The van der Waals surface area contributed by atoms with Crippen molar-refractivity contribution in [3.8, 4) is 11.1 Å². The Labute approximate surface area is 168 Å². The normalized spacial score (nSPS) is 11.4. The molecule has 0 heterocycles. The first-order chi connectivity index (χ1) is 13.8. The lowest BCUT2D eigenvalue weighted by Crippen LogP contribution is -2.26. The van der Waals surface area contributed by atoms with Crippen LogP contribution in [0.3, 0.4) is 0 Å². The molecule has 0 aromatic heterocycles. The molecule has 0 aliphatic rings. The summed E-state index contributed by atoms with van der Waals surface area (Å²) < 4.78 is 40.7. The van der Waals surface area contributed by atoms with Crippen LogP contribution in [0.5, 0.6) is 0 Å². The zero-order valence-electron chi connectivity index (χ0n) is 15.7. The molecule has 3 aromatic rings. The topological polar surface area (TPSA) is 83.5 Å². The molecular weight excluding hydrogens is 393 g/mol. The second-order valence-corrected chi connectivity index (χ2v) is 8.40. The van der Waals surface area contributed by atoms with E-state index in [9.17, 15) is 17.6 Å². The molecule has 0 radical (unpaired) electrons. The standard InChI is InChI=1S/C22H20FNO4S/c1-15-5-10-20(14-21(15)22(25)26)29(27,28)24-12-11-16-6-8-17(9-7-16)18-3-2-4-19(23)13-18/h2-10,13-14,24H,11-12H2,1H3,(H,25,26). The molecule has 3 aromatic carbocycles. The summed E-state index contributed by atoms with van der Waals surface area (Å²) in [6.07, 6.45) is 0.459. The van der Waals surface area contributed by atoms with E-state index in [-0.39, 0.29) is 22.8 Å². The summed E-state index contributed by atoms with van der Waals surface area (Å²) in [5.41, 5.74) is 3.01. The number of carbonyl (C=O) groups is 1. The molecule has 0 unspecified atom stereocenters. The fraction of sp³-hybridized carbons (Fsp3) is 0.136. The van der Waals surface area contributed by atoms with Gasteiger partial charge in [0.1, 0.15) is 5.82 Å². The third-order valence-corrected chi connectivity index (χ3v) is 6.03. The Morgan fingerprint density at radius 2 is 1.72 bits per heavy atom. The molecule has 2 N–H and O–H groups in total. The minimum absolute atomic E-state index is 0.0409. The lowest BCUT2D eigenvalue weighted by molar-refractivity contribution is 0.0696. The molecule has 0 aliphatic carbocycles. The average Bonchev–Trinajstić information content (AvgIpc) is 2.68. The van der Waals surface area contributed by atoms with Crippen LogP contribution >= 0.6 is 0 Å². The number of halogens is 1. The number of carboxylic acids is 1. The summed E-state index contributed by atoms with van der Waals surface area (Å²) in [7, 11) is -3.81. The average molecular weight is 413 g/mol. The van der Waals surface area contributed by atoms with Crippen molar-refractivity contribution in [2.75, 3.05) is 6.54 Å². The van der Waals surface area contributed by atoms with Gasteiger partial charge in [0.2, 0.25) is 10.0 Å². The Kier molecular flexibility index (Phi) is 6.10. The maximum Gasteiger partial charge on any atom is 0.335 e. The number of hydrogen-bond acceptors (Lipinski definition) is 3. The van der Waals surface area contributed by atoms with E-state index in [1.54, 1.807) is 13.0 Å². The predicted octanol–water partition coefficient (Wildman–Crippen LogP) is 4.02. The van der Waals surface area contributed by atoms with Crippen molar-refractivity contribution < 1.29 is 22.7 Å². The molecule has 150 valence electrons. The van der Waals surface area contributed by atoms with Gasteiger partial charge in [-0.3, -0.25) is 0 Å². The first-order valence-corrected chi connectivity index (χ1v) is 10.4. The van der Waals surface area contributed by atoms with E-state index in [1.165, 1.54) is 24.3 Å². The van der Waals surface area contributed by atoms with Gasteiger partial charge in [-0.05, 0) is 59.9 Å². The Morgan fingerprint density at radius 3 is 2.38 bits per heavy atom. The predicted molar refractivity (Wildman–Crippen MR) is 109 cm³/mol. The lowest BCUT2D eigenvalue weighted by atomic mass is 10.0. The number of nitrogens with one attached hydrogen (secondary N) is 1. The van der Waals surface area contributed by atoms with Crippen molar-refractivity contribution in [1.29, 1.82) is 0 Å². The van der Waals surface area contributed by atoms with Gasteiger partial charge in [0.15, 0.2) is 0 Å². The third kappa shape index (κ3) is 5.07. The van der Waals surface area contributed by atoms with E-state index >= 15 is 0 Å². The van der Waals surface area contributed by atoms with E-state index in [2.05, 4.69) is 4.72 Å². The minimum Gasteiger partial charge on any atom is -0.478 e. The quantitative estimate of drug-likeness (QED) is 0.613. The van der Waals surface area contributed by atoms with Gasteiger partial charge >= 0.3 is 5.97 Å². The lowest BCUT2D eigenvalue weighted by Gasteiger charge is -2.09. The van der Waals surface area contributed by atoms with Crippen LogP contribution in [0.4, 0.5) is 4.39 Å². The fourth-order valence-corrected chi connectivity index (χ4v) is 4.00. The Bertz CT molecular complexity index is 1140. The van der Waals surface area contributed by atoms with Crippen molar-refractivity contribution in [2.45, 2.75) is 18.2 Å². The Morgan fingerprint density at radius 1 is 1.00 bits per heavy atom. The molecule has 0 saturated carbocycles. The fourth-order valence-electron chi connectivity index (χ4n) is 2.94. The summed E-state index contributed by atoms with van der Waals surface area (Å²) in [5, 5.41) is 9.16. The molecule has 0 saturated heterocycles. The smallest absolute Gasteiger partial charge is 0.335 e. The Balaban J connectivity index is 1.65. The summed E-state index contributed by atoms with van der Waals surface area (Å²) in [6, 6.07) is 17.8. The van der Waals surface area contributed by atoms with Gasteiger partial charge in [0, 0.05) is 6.54 Å². The van der Waals surface area contributed by atoms with Crippen molar-refractivity contribution >= 4 is 16.0 Å². The highest BCUT2D eigenvalue weighted by molar-refractivity contribution is 7.89. The van der Waals surface area contributed by atoms with Crippen LogP contribution in [0.15, 0.2) is 71.6 Å². The number of benzene rings is 3. The SMILES string of the molecule is Cc1ccc(S(=O)(=O)NCCc2ccc(-c3cccc(F)c3)cc2)cc1C(=O)O. The number of aryl methyl sites for hydroxylation is 1. The summed E-state index contributed by atoms with van der Waals surface area (Å²) in [6.45, 7) is 1.78. The van der Waals surface area contributed by atoms with E-state index in [0.717, 1.165) is 22.8 Å². The highest BCUT2D eigenvalue weighted by atomic mass is 32.2. The first-order valence-electron chi connectivity index (χ1n) is 8.95. The molecular formula is C22H20FNO4S. The molecule has 0 fully saturated rings. The second kappa shape index (κ2) is 8.55. The molecule has 5 nitrogen and oxygen atoms in total. The van der Waals surface area contributed by atoms with Gasteiger partial charge in [-0.1, -0.05) is 42.5 Å². The monoisotopic (exact) mass is 413 g/mol. The maximum atomic E-state index is 13.3. The van der Waals surface area contributed by atoms with Crippen molar-refractivity contribution in [2.24, 2.45) is 0 Å². The molecule has 29 heavy (non-hydrogen) atoms. The van der Waals surface area contributed by atoms with Crippen molar-refractivity contribution in [3.05, 3.63) is 89.2 Å². The molecule has 7 heteroatoms. The maximum absolute atomic E-state index is 13.3. The first kappa shape index (κ1) is 20.7. The molecule has 0 amide bonds. The highest BCUT2D eigenvalue weighted by Crippen LogP contribution is 2.21. The highest BCUT2D eigenvalue weighted by Gasteiger charge is 2.17. The number of rotatable bonds is 7.